The fourth-order valence-electron chi connectivity index (χ4n) is 3.24. The second-order valence-corrected chi connectivity index (χ2v) is 7.35. The molecular formula is C21H25ClN3O2+. The minimum absolute atomic E-state index is 0.0577. The average Bonchev–Trinajstić information content (AvgIpc) is 3.19. The van der Waals surface area contributed by atoms with Crippen LogP contribution in [0.2, 0.25) is 5.02 Å². The summed E-state index contributed by atoms with van der Waals surface area (Å²) in [6.45, 7) is 3.99. The standard InChI is InChI=1S/C21H24ClN3O2/c22-19-9-7-18(8-10-19)21(27)24-14-20(26)23-13-16-3-5-17(6-4-16)15-25-11-1-2-12-25/h3-10H,1-2,11-15H2,(H,23,26)(H,24,27)/p+1. The Morgan fingerprint density at radius 3 is 2.19 bits per heavy atom. The van der Waals surface area contributed by atoms with Crippen molar-refractivity contribution < 1.29 is 14.5 Å². The molecule has 0 aliphatic carbocycles. The van der Waals surface area contributed by atoms with Gasteiger partial charge >= 0.3 is 0 Å². The maximum Gasteiger partial charge on any atom is 0.251 e. The van der Waals surface area contributed by atoms with Gasteiger partial charge in [-0.3, -0.25) is 9.59 Å². The van der Waals surface area contributed by atoms with Gasteiger partial charge in [0, 0.05) is 35.5 Å². The third-order valence-corrected chi connectivity index (χ3v) is 5.05. The van der Waals surface area contributed by atoms with E-state index < -0.39 is 0 Å². The molecule has 27 heavy (non-hydrogen) atoms. The van der Waals surface area contributed by atoms with Gasteiger partial charge in [-0.15, -0.1) is 0 Å². The zero-order chi connectivity index (χ0) is 19.1. The minimum Gasteiger partial charge on any atom is -0.350 e. The van der Waals surface area contributed by atoms with Gasteiger partial charge in [-0.2, -0.15) is 0 Å². The molecule has 3 N–H and O–H groups in total. The molecule has 0 atom stereocenters. The Bertz CT molecular complexity index is 769. The minimum atomic E-state index is -0.296. The van der Waals surface area contributed by atoms with E-state index >= 15 is 0 Å². The van der Waals surface area contributed by atoms with E-state index in [9.17, 15) is 9.59 Å². The quantitative estimate of drug-likeness (QED) is 0.676. The van der Waals surface area contributed by atoms with Gasteiger partial charge in [-0.05, 0) is 29.8 Å². The zero-order valence-corrected chi connectivity index (χ0v) is 16.0. The second kappa shape index (κ2) is 9.53. The van der Waals surface area contributed by atoms with Gasteiger partial charge in [-0.1, -0.05) is 35.9 Å². The normalized spacial score (nSPS) is 14.1. The summed E-state index contributed by atoms with van der Waals surface area (Å²) < 4.78 is 0. The van der Waals surface area contributed by atoms with Crippen LogP contribution >= 0.6 is 11.6 Å². The highest BCUT2D eigenvalue weighted by Gasteiger charge is 2.15. The molecule has 2 aromatic rings. The Morgan fingerprint density at radius 1 is 0.889 bits per heavy atom. The average molecular weight is 387 g/mol. The smallest absolute Gasteiger partial charge is 0.251 e. The number of quaternary nitrogens is 1. The molecule has 1 fully saturated rings. The van der Waals surface area contributed by atoms with Crippen molar-refractivity contribution >= 4 is 23.4 Å². The van der Waals surface area contributed by atoms with E-state index in [4.69, 9.17) is 11.6 Å². The molecule has 6 heteroatoms. The van der Waals surface area contributed by atoms with Gasteiger partial charge in [0.2, 0.25) is 5.91 Å². The summed E-state index contributed by atoms with van der Waals surface area (Å²) in [6.07, 6.45) is 2.65. The number of halogens is 1. The van der Waals surface area contributed by atoms with Gasteiger partial charge < -0.3 is 15.5 Å². The summed E-state index contributed by atoms with van der Waals surface area (Å²) in [5.74, 6) is -0.515. The summed E-state index contributed by atoms with van der Waals surface area (Å²) in [4.78, 5) is 25.6. The third-order valence-electron chi connectivity index (χ3n) is 4.79. The Kier molecular flexibility index (Phi) is 6.85. The Morgan fingerprint density at radius 2 is 1.52 bits per heavy atom. The number of benzene rings is 2. The molecule has 1 aliphatic heterocycles. The van der Waals surface area contributed by atoms with Gasteiger partial charge in [0.25, 0.3) is 5.91 Å². The first kappa shape index (κ1) is 19.4. The van der Waals surface area contributed by atoms with E-state index in [0.29, 0.717) is 17.1 Å². The first-order chi connectivity index (χ1) is 13.1. The molecule has 0 spiro atoms. The second-order valence-electron chi connectivity index (χ2n) is 6.92. The Balaban J connectivity index is 1.39. The summed E-state index contributed by atoms with van der Waals surface area (Å²) in [7, 11) is 0. The lowest BCUT2D eigenvalue weighted by Gasteiger charge is -2.12. The van der Waals surface area contributed by atoms with Crippen molar-refractivity contribution in [2.75, 3.05) is 19.6 Å². The number of nitrogens with one attached hydrogen (secondary N) is 3. The van der Waals surface area contributed by atoms with Crippen molar-refractivity contribution in [3.8, 4) is 0 Å². The molecule has 5 nitrogen and oxygen atoms in total. The Hall–Kier alpha value is -2.37. The topological polar surface area (TPSA) is 62.6 Å². The lowest BCUT2D eigenvalue weighted by atomic mass is 10.1. The molecule has 0 unspecified atom stereocenters. The SMILES string of the molecule is O=C(CNC(=O)c1ccc(Cl)cc1)NCc1ccc(C[NH+]2CCCC2)cc1. The van der Waals surface area contributed by atoms with Crippen LogP contribution in [0.25, 0.3) is 0 Å². The fraction of sp³-hybridized carbons (Fsp3) is 0.333. The number of hydrogen-bond donors (Lipinski definition) is 3. The molecule has 1 aliphatic rings. The molecule has 0 radical (unpaired) electrons. The van der Waals surface area contributed by atoms with Gasteiger partial charge in [0.15, 0.2) is 0 Å². The molecule has 0 saturated carbocycles. The van der Waals surface area contributed by atoms with Crippen molar-refractivity contribution in [3.63, 3.8) is 0 Å². The van der Waals surface area contributed by atoms with Crippen LogP contribution in [-0.4, -0.2) is 31.4 Å². The van der Waals surface area contributed by atoms with Crippen LogP contribution in [0.3, 0.4) is 0 Å². The van der Waals surface area contributed by atoms with Crippen molar-refractivity contribution in [3.05, 3.63) is 70.2 Å². The van der Waals surface area contributed by atoms with Crippen molar-refractivity contribution in [1.82, 2.24) is 10.6 Å². The number of amides is 2. The lowest BCUT2D eigenvalue weighted by molar-refractivity contribution is -0.901. The highest BCUT2D eigenvalue weighted by atomic mass is 35.5. The first-order valence-corrected chi connectivity index (χ1v) is 9.70. The van der Waals surface area contributed by atoms with Gasteiger partial charge in [0.1, 0.15) is 6.54 Å². The molecule has 142 valence electrons. The largest absolute Gasteiger partial charge is 0.350 e. The summed E-state index contributed by atoms with van der Waals surface area (Å²) >= 11 is 5.80. The number of rotatable bonds is 7. The van der Waals surface area contributed by atoms with E-state index in [1.54, 1.807) is 29.2 Å². The number of carbonyl (C=O) groups is 2. The van der Waals surface area contributed by atoms with Crippen LogP contribution in [0.5, 0.6) is 0 Å². The molecule has 3 rings (SSSR count). The van der Waals surface area contributed by atoms with Crippen LogP contribution < -0.4 is 15.5 Å². The molecule has 1 saturated heterocycles. The van der Waals surface area contributed by atoms with Crippen LogP contribution in [0.1, 0.15) is 34.3 Å². The van der Waals surface area contributed by atoms with Crippen LogP contribution in [0.15, 0.2) is 48.5 Å². The van der Waals surface area contributed by atoms with E-state index in [1.807, 2.05) is 0 Å². The molecule has 0 bridgehead atoms. The molecule has 0 aromatic heterocycles. The van der Waals surface area contributed by atoms with Crippen LogP contribution in [0.4, 0.5) is 0 Å². The van der Waals surface area contributed by atoms with E-state index in [1.165, 1.54) is 31.5 Å². The predicted molar refractivity (Wildman–Crippen MR) is 106 cm³/mol. The predicted octanol–water partition coefficient (Wildman–Crippen LogP) is 1.56. The van der Waals surface area contributed by atoms with Crippen molar-refractivity contribution in [1.29, 1.82) is 0 Å². The molecule has 2 aromatic carbocycles. The maximum absolute atomic E-state index is 12.0. The number of carbonyl (C=O) groups excluding carboxylic acids is 2. The molecule has 2 amide bonds. The lowest BCUT2D eigenvalue weighted by Crippen LogP contribution is -3.08. The van der Waals surface area contributed by atoms with Crippen LogP contribution in [0, 0.1) is 0 Å². The Labute approximate surface area is 164 Å². The van der Waals surface area contributed by atoms with Crippen molar-refractivity contribution in [2.45, 2.75) is 25.9 Å². The third kappa shape index (κ3) is 6.08. The highest BCUT2D eigenvalue weighted by Crippen LogP contribution is 2.09. The van der Waals surface area contributed by atoms with E-state index in [-0.39, 0.29) is 18.4 Å². The van der Waals surface area contributed by atoms with Crippen molar-refractivity contribution in [2.24, 2.45) is 0 Å². The van der Waals surface area contributed by atoms with E-state index in [0.717, 1.165) is 12.1 Å². The van der Waals surface area contributed by atoms with Gasteiger partial charge in [-0.25, -0.2) is 0 Å². The number of likely N-dealkylation sites (tertiary alicyclic amines) is 1. The fourth-order valence-corrected chi connectivity index (χ4v) is 3.37. The molecule has 1 heterocycles. The number of hydrogen-bond acceptors (Lipinski definition) is 2. The summed E-state index contributed by atoms with van der Waals surface area (Å²) in [5, 5.41) is 6.00. The highest BCUT2D eigenvalue weighted by molar-refractivity contribution is 6.30. The maximum atomic E-state index is 12.0. The van der Waals surface area contributed by atoms with E-state index in [2.05, 4.69) is 34.9 Å². The monoisotopic (exact) mass is 386 g/mol. The van der Waals surface area contributed by atoms with Gasteiger partial charge in [0.05, 0.1) is 19.6 Å². The summed E-state index contributed by atoms with van der Waals surface area (Å²) in [6, 6.07) is 14.9. The summed E-state index contributed by atoms with van der Waals surface area (Å²) in [5.41, 5.74) is 2.85. The van der Waals surface area contributed by atoms with Crippen LogP contribution in [-0.2, 0) is 17.9 Å². The zero-order valence-electron chi connectivity index (χ0n) is 15.3. The first-order valence-electron chi connectivity index (χ1n) is 9.32. The molecular weight excluding hydrogens is 362 g/mol.